The van der Waals surface area contributed by atoms with Crippen molar-refractivity contribution in [1.82, 2.24) is 0 Å². The molecular formula is C9H14ClN. The molecular weight excluding hydrogens is 158 g/mol. The van der Waals surface area contributed by atoms with Crippen LogP contribution in [0.5, 0.6) is 0 Å². The van der Waals surface area contributed by atoms with E-state index in [4.69, 9.17) is 16.9 Å². The van der Waals surface area contributed by atoms with Crippen LogP contribution in [0.15, 0.2) is 0 Å². The Labute approximate surface area is 73.3 Å². The molecule has 0 heterocycles. The Morgan fingerprint density at radius 1 is 1.55 bits per heavy atom. The number of rotatable bonds is 0. The third kappa shape index (κ3) is 1.51. The lowest BCUT2D eigenvalue weighted by Crippen LogP contribution is -2.22. The number of hydrogen-bond donors (Lipinski definition) is 0. The van der Waals surface area contributed by atoms with Crippen LogP contribution >= 0.6 is 11.6 Å². The SMILES string of the molecule is CC1CC(C)(C)CC1(Cl)C#N. The van der Waals surface area contributed by atoms with Gasteiger partial charge in [-0.15, -0.1) is 11.6 Å². The van der Waals surface area contributed by atoms with Gasteiger partial charge in [-0.1, -0.05) is 20.8 Å². The van der Waals surface area contributed by atoms with Crippen LogP contribution in [-0.4, -0.2) is 4.87 Å². The van der Waals surface area contributed by atoms with E-state index in [0.717, 1.165) is 12.8 Å². The normalized spacial score (nSPS) is 41.9. The molecule has 0 bridgehead atoms. The van der Waals surface area contributed by atoms with Crippen molar-refractivity contribution in [2.75, 3.05) is 0 Å². The second-order valence-corrected chi connectivity index (χ2v) is 5.09. The molecule has 0 aliphatic heterocycles. The zero-order chi connectivity index (χ0) is 8.70. The van der Waals surface area contributed by atoms with Gasteiger partial charge in [0.1, 0.15) is 4.87 Å². The van der Waals surface area contributed by atoms with Crippen molar-refractivity contribution >= 4 is 11.6 Å². The third-order valence-corrected chi connectivity index (χ3v) is 3.15. The number of hydrogen-bond acceptors (Lipinski definition) is 1. The van der Waals surface area contributed by atoms with Gasteiger partial charge in [0.2, 0.25) is 0 Å². The minimum atomic E-state index is -0.594. The van der Waals surface area contributed by atoms with E-state index in [1.165, 1.54) is 0 Å². The van der Waals surface area contributed by atoms with Crippen LogP contribution in [0.25, 0.3) is 0 Å². The lowest BCUT2D eigenvalue weighted by Gasteiger charge is -2.18. The van der Waals surface area contributed by atoms with Gasteiger partial charge in [0, 0.05) is 0 Å². The van der Waals surface area contributed by atoms with Crippen LogP contribution in [0.3, 0.4) is 0 Å². The first-order valence-electron chi connectivity index (χ1n) is 4.00. The van der Waals surface area contributed by atoms with Gasteiger partial charge >= 0.3 is 0 Å². The van der Waals surface area contributed by atoms with Gasteiger partial charge in [-0.05, 0) is 24.2 Å². The summed E-state index contributed by atoms with van der Waals surface area (Å²) in [6.45, 7) is 6.40. The Kier molecular flexibility index (Phi) is 1.92. The van der Waals surface area contributed by atoms with Crippen molar-refractivity contribution in [2.24, 2.45) is 11.3 Å². The van der Waals surface area contributed by atoms with E-state index >= 15 is 0 Å². The van der Waals surface area contributed by atoms with Gasteiger partial charge in [-0.25, -0.2) is 0 Å². The summed E-state index contributed by atoms with van der Waals surface area (Å²) in [5.74, 6) is 0.323. The van der Waals surface area contributed by atoms with Gasteiger partial charge < -0.3 is 0 Å². The molecule has 0 aromatic rings. The average Bonchev–Trinajstić information content (AvgIpc) is 2.03. The zero-order valence-corrected chi connectivity index (χ0v) is 8.07. The van der Waals surface area contributed by atoms with Crippen LogP contribution < -0.4 is 0 Å². The molecule has 1 aliphatic rings. The topological polar surface area (TPSA) is 23.8 Å². The van der Waals surface area contributed by atoms with E-state index in [-0.39, 0.29) is 5.41 Å². The van der Waals surface area contributed by atoms with E-state index in [1.807, 2.05) is 0 Å². The predicted molar refractivity (Wildman–Crippen MR) is 46.4 cm³/mol. The largest absolute Gasteiger partial charge is 0.196 e. The maximum Gasteiger partial charge on any atom is 0.134 e. The number of halogens is 1. The first-order chi connectivity index (χ1) is 4.90. The molecule has 1 nitrogen and oxygen atoms in total. The number of nitrogens with zero attached hydrogens (tertiary/aromatic N) is 1. The molecule has 0 spiro atoms. The van der Waals surface area contributed by atoms with Crippen molar-refractivity contribution in [3.05, 3.63) is 0 Å². The van der Waals surface area contributed by atoms with Crippen LogP contribution in [0, 0.1) is 22.7 Å². The number of nitriles is 1. The van der Waals surface area contributed by atoms with Crippen molar-refractivity contribution in [1.29, 1.82) is 5.26 Å². The Morgan fingerprint density at radius 2 is 2.09 bits per heavy atom. The molecule has 1 fully saturated rings. The van der Waals surface area contributed by atoms with Crippen LogP contribution in [-0.2, 0) is 0 Å². The summed E-state index contributed by atoms with van der Waals surface area (Å²) >= 11 is 6.13. The maximum absolute atomic E-state index is 8.85. The Morgan fingerprint density at radius 3 is 2.27 bits per heavy atom. The maximum atomic E-state index is 8.85. The van der Waals surface area contributed by atoms with E-state index in [1.54, 1.807) is 0 Å². The van der Waals surface area contributed by atoms with Crippen molar-refractivity contribution in [2.45, 2.75) is 38.5 Å². The van der Waals surface area contributed by atoms with Gasteiger partial charge in [0.25, 0.3) is 0 Å². The minimum Gasteiger partial charge on any atom is -0.196 e. The van der Waals surface area contributed by atoms with E-state index in [0.29, 0.717) is 5.92 Å². The molecule has 1 aliphatic carbocycles. The minimum absolute atomic E-state index is 0.247. The Hall–Kier alpha value is -0.220. The highest BCUT2D eigenvalue weighted by Gasteiger charge is 2.47. The Bertz CT molecular complexity index is 204. The molecule has 2 unspecified atom stereocenters. The molecule has 1 rings (SSSR count). The van der Waals surface area contributed by atoms with Crippen LogP contribution in [0.4, 0.5) is 0 Å². The highest BCUT2D eigenvalue weighted by Crippen LogP contribution is 2.50. The molecule has 0 amide bonds. The summed E-state index contributed by atoms with van der Waals surface area (Å²) in [5.41, 5.74) is 0.247. The fourth-order valence-electron chi connectivity index (χ4n) is 2.08. The van der Waals surface area contributed by atoms with E-state index < -0.39 is 4.87 Å². The van der Waals surface area contributed by atoms with Crippen molar-refractivity contribution < 1.29 is 0 Å². The van der Waals surface area contributed by atoms with Crippen molar-refractivity contribution in [3.8, 4) is 6.07 Å². The first kappa shape index (κ1) is 8.87. The second-order valence-electron chi connectivity index (χ2n) is 4.42. The smallest absolute Gasteiger partial charge is 0.134 e. The fourth-order valence-corrected chi connectivity index (χ4v) is 2.52. The molecule has 0 radical (unpaired) electrons. The average molecular weight is 172 g/mol. The molecule has 0 saturated heterocycles. The quantitative estimate of drug-likeness (QED) is 0.514. The highest BCUT2D eigenvalue weighted by atomic mass is 35.5. The van der Waals surface area contributed by atoms with Gasteiger partial charge in [-0.2, -0.15) is 5.26 Å². The van der Waals surface area contributed by atoms with Gasteiger partial charge in [0.05, 0.1) is 6.07 Å². The highest BCUT2D eigenvalue weighted by molar-refractivity contribution is 6.26. The lowest BCUT2D eigenvalue weighted by atomic mass is 9.90. The standard InChI is InChI=1S/C9H14ClN/c1-7-4-8(2,3)5-9(7,10)6-11/h7H,4-5H2,1-3H3. The van der Waals surface area contributed by atoms with E-state index in [9.17, 15) is 0 Å². The summed E-state index contributed by atoms with van der Waals surface area (Å²) in [7, 11) is 0. The van der Waals surface area contributed by atoms with Crippen LogP contribution in [0.1, 0.15) is 33.6 Å². The van der Waals surface area contributed by atoms with Crippen molar-refractivity contribution in [3.63, 3.8) is 0 Å². The number of alkyl halides is 1. The molecule has 0 N–H and O–H groups in total. The molecule has 0 aromatic carbocycles. The first-order valence-corrected chi connectivity index (χ1v) is 4.38. The summed E-state index contributed by atoms with van der Waals surface area (Å²) in [5, 5.41) is 8.85. The zero-order valence-electron chi connectivity index (χ0n) is 7.32. The van der Waals surface area contributed by atoms with Gasteiger partial charge in [0.15, 0.2) is 0 Å². The molecule has 2 atom stereocenters. The monoisotopic (exact) mass is 171 g/mol. The lowest BCUT2D eigenvalue weighted by molar-refractivity contribution is 0.366. The summed E-state index contributed by atoms with van der Waals surface area (Å²) in [6, 6.07) is 2.21. The predicted octanol–water partition coefficient (Wildman–Crippen LogP) is 2.94. The van der Waals surface area contributed by atoms with E-state index in [2.05, 4.69) is 26.8 Å². The van der Waals surface area contributed by atoms with Crippen LogP contribution in [0.2, 0.25) is 0 Å². The molecule has 0 aromatic heterocycles. The Balaban J connectivity index is 2.84. The summed E-state index contributed by atoms with van der Waals surface area (Å²) < 4.78 is 0. The third-order valence-electron chi connectivity index (χ3n) is 2.56. The second kappa shape index (κ2) is 2.38. The molecule has 62 valence electrons. The molecule has 11 heavy (non-hydrogen) atoms. The van der Waals surface area contributed by atoms with Gasteiger partial charge in [-0.3, -0.25) is 0 Å². The summed E-state index contributed by atoms with van der Waals surface area (Å²) in [6.07, 6.45) is 1.88. The fraction of sp³-hybridized carbons (Fsp3) is 0.889. The molecule has 2 heteroatoms. The molecule has 1 saturated carbocycles. The summed E-state index contributed by atoms with van der Waals surface area (Å²) in [4.78, 5) is -0.594.